The first-order valence-corrected chi connectivity index (χ1v) is 10.2. The van der Waals surface area contributed by atoms with Crippen molar-refractivity contribution < 1.29 is 14.3 Å². The van der Waals surface area contributed by atoms with E-state index in [1.165, 1.54) is 7.11 Å². The van der Waals surface area contributed by atoms with Crippen LogP contribution in [0.5, 0.6) is 0 Å². The predicted molar refractivity (Wildman–Crippen MR) is 122 cm³/mol. The smallest absolute Gasteiger partial charge is 0.337 e. The molecule has 0 radical (unpaired) electrons. The fraction of sp³-hybridized carbons (Fsp3) is 0.120. The zero-order valence-electron chi connectivity index (χ0n) is 17.1. The van der Waals surface area contributed by atoms with Crippen molar-refractivity contribution in [3.63, 3.8) is 0 Å². The van der Waals surface area contributed by atoms with Crippen LogP contribution in [0.15, 0.2) is 79.0 Å². The van der Waals surface area contributed by atoms with E-state index < -0.39 is 5.97 Å². The van der Waals surface area contributed by atoms with Gasteiger partial charge in [0.2, 0.25) is 0 Å². The van der Waals surface area contributed by atoms with E-state index >= 15 is 0 Å². The standard InChI is InChI=1S/C25H21ClN2O3/c1-16(17-7-9-18(10-8-17)25(30)31-2)27-24(29)21-5-3-4-6-23(21)28-14-13-19-15-20(26)11-12-22(19)28/h3-16H,1-2H3,(H,27,29)/t16-/m0/s1. The van der Waals surface area contributed by atoms with Crippen molar-refractivity contribution in [1.82, 2.24) is 9.88 Å². The van der Waals surface area contributed by atoms with E-state index in [0.717, 1.165) is 22.2 Å². The summed E-state index contributed by atoms with van der Waals surface area (Å²) in [5.41, 5.74) is 3.67. The number of hydrogen-bond acceptors (Lipinski definition) is 3. The number of nitrogens with zero attached hydrogens (tertiary/aromatic N) is 1. The Kier molecular flexibility index (Phi) is 5.78. The van der Waals surface area contributed by atoms with Crippen LogP contribution in [0.2, 0.25) is 5.02 Å². The summed E-state index contributed by atoms with van der Waals surface area (Å²) in [6.07, 6.45) is 1.93. The monoisotopic (exact) mass is 432 g/mol. The molecular formula is C25H21ClN2O3. The van der Waals surface area contributed by atoms with Gasteiger partial charge in [-0.15, -0.1) is 0 Å². The summed E-state index contributed by atoms with van der Waals surface area (Å²) < 4.78 is 6.71. The first-order valence-electron chi connectivity index (χ1n) is 9.83. The average molecular weight is 433 g/mol. The minimum Gasteiger partial charge on any atom is -0.465 e. The predicted octanol–water partition coefficient (Wildman–Crippen LogP) is 5.56. The summed E-state index contributed by atoms with van der Waals surface area (Å²) in [5, 5.41) is 4.72. The van der Waals surface area contributed by atoms with Gasteiger partial charge in [0.05, 0.1) is 35.5 Å². The van der Waals surface area contributed by atoms with E-state index in [9.17, 15) is 9.59 Å². The molecule has 0 aliphatic rings. The summed E-state index contributed by atoms with van der Waals surface area (Å²) in [6, 6.07) is 21.9. The highest BCUT2D eigenvalue weighted by atomic mass is 35.5. The molecule has 156 valence electrons. The van der Waals surface area contributed by atoms with Gasteiger partial charge < -0.3 is 14.6 Å². The third kappa shape index (κ3) is 4.18. The molecule has 0 aliphatic carbocycles. The van der Waals surface area contributed by atoms with Gasteiger partial charge in [-0.3, -0.25) is 4.79 Å². The number of hydrogen-bond donors (Lipinski definition) is 1. The number of halogens is 1. The van der Waals surface area contributed by atoms with E-state index in [4.69, 9.17) is 16.3 Å². The third-order valence-corrected chi connectivity index (χ3v) is 5.47. The number of ether oxygens (including phenoxy) is 1. The van der Waals surface area contributed by atoms with Gasteiger partial charge in [0.1, 0.15) is 0 Å². The lowest BCUT2D eigenvalue weighted by molar-refractivity contribution is 0.0600. The zero-order valence-corrected chi connectivity index (χ0v) is 17.9. The number of aromatic nitrogens is 1. The Morgan fingerprint density at radius 2 is 1.74 bits per heavy atom. The number of esters is 1. The molecule has 5 nitrogen and oxygen atoms in total. The molecule has 0 saturated heterocycles. The molecule has 0 aliphatic heterocycles. The Morgan fingerprint density at radius 3 is 2.48 bits per heavy atom. The molecule has 0 saturated carbocycles. The molecule has 6 heteroatoms. The van der Waals surface area contributed by atoms with Crippen LogP contribution in [0.1, 0.15) is 39.2 Å². The average Bonchev–Trinajstić information content (AvgIpc) is 3.21. The van der Waals surface area contributed by atoms with Crippen LogP contribution in [-0.2, 0) is 4.74 Å². The van der Waals surface area contributed by atoms with Crippen LogP contribution in [0.3, 0.4) is 0 Å². The van der Waals surface area contributed by atoms with Crippen molar-refractivity contribution in [2.45, 2.75) is 13.0 Å². The van der Waals surface area contributed by atoms with E-state index in [1.807, 2.05) is 72.3 Å². The number of fused-ring (bicyclic) bond motifs is 1. The molecule has 0 fully saturated rings. The fourth-order valence-electron chi connectivity index (χ4n) is 3.58. The van der Waals surface area contributed by atoms with E-state index in [0.29, 0.717) is 16.1 Å². The van der Waals surface area contributed by atoms with Crippen LogP contribution < -0.4 is 5.32 Å². The summed E-state index contributed by atoms with van der Waals surface area (Å²) in [7, 11) is 1.35. The summed E-state index contributed by atoms with van der Waals surface area (Å²) in [4.78, 5) is 24.8. The van der Waals surface area contributed by atoms with Crippen molar-refractivity contribution in [1.29, 1.82) is 0 Å². The summed E-state index contributed by atoms with van der Waals surface area (Å²) in [5.74, 6) is -0.576. The molecule has 0 spiro atoms. The number of carbonyl (C=O) groups excluding carboxylic acids is 2. The van der Waals surface area contributed by atoms with Crippen molar-refractivity contribution >= 4 is 34.4 Å². The largest absolute Gasteiger partial charge is 0.465 e. The summed E-state index contributed by atoms with van der Waals surface area (Å²) >= 11 is 6.11. The van der Waals surface area contributed by atoms with E-state index in [2.05, 4.69) is 5.32 Å². The van der Waals surface area contributed by atoms with Crippen LogP contribution >= 0.6 is 11.6 Å². The molecule has 0 bridgehead atoms. The Hall–Kier alpha value is -3.57. The van der Waals surface area contributed by atoms with Gasteiger partial charge in [-0.1, -0.05) is 35.9 Å². The molecule has 4 aromatic rings. The molecule has 4 rings (SSSR count). The lowest BCUT2D eigenvalue weighted by atomic mass is 10.0. The van der Waals surface area contributed by atoms with Crippen molar-refractivity contribution in [3.05, 3.63) is 101 Å². The maximum atomic E-state index is 13.1. The lowest BCUT2D eigenvalue weighted by Crippen LogP contribution is -2.27. The van der Waals surface area contributed by atoms with Gasteiger partial charge in [0, 0.05) is 16.6 Å². The molecule has 1 N–H and O–H groups in total. The summed E-state index contributed by atoms with van der Waals surface area (Å²) in [6.45, 7) is 1.90. The molecule has 1 aromatic heterocycles. The highest BCUT2D eigenvalue weighted by molar-refractivity contribution is 6.31. The highest BCUT2D eigenvalue weighted by Crippen LogP contribution is 2.26. The number of benzene rings is 3. The van der Waals surface area contributed by atoms with Crippen LogP contribution in [0, 0.1) is 0 Å². The molecule has 0 unspecified atom stereocenters. The molecular weight excluding hydrogens is 412 g/mol. The third-order valence-electron chi connectivity index (χ3n) is 5.24. The maximum absolute atomic E-state index is 13.1. The maximum Gasteiger partial charge on any atom is 0.337 e. The van der Waals surface area contributed by atoms with Gasteiger partial charge in [0.25, 0.3) is 5.91 Å². The Balaban J connectivity index is 1.60. The number of nitrogens with one attached hydrogen (secondary N) is 1. The van der Waals surface area contributed by atoms with Gasteiger partial charge >= 0.3 is 5.97 Å². The molecule has 1 heterocycles. The SMILES string of the molecule is COC(=O)c1ccc([C@H](C)NC(=O)c2ccccc2-n2ccc3cc(Cl)ccc32)cc1. The fourth-order valence-corrected chi connectivity index (χ4v) is 3.76. The second-order valence-corrected chi connectivity index (χ2v) is 7.65. The van der Waals surface area contributed by atoms with Gasteiger partial charge in [-0.2, -0.15) is 0 Å². The van der Waals surface area contributed by atoms with E-state index in [-0.39, 0.29) is 11.9 Å². The topological polar surface area (TPSA) is 60.3 Å². The normalized spacial score (nSPS) is 11.8. The second-order valence-electron chi connectivity index (χ2n) is 7.21. The number of carbonyl (C=O) groups is 2. The Morgan fingerprint density at radius 1 is 1.00 bits per heavy atom. The Labute approximate surface area is 185 Å². The molecule has 1 amide bonds. The number of methoxy groups -OCH3 is 1. The van der Waals surface area contributed by atoms with Gasteiger partial charge in [-0.25, -0.2) is 4.79 Å². The minimum atomic E-state index is -0.391. The first-order chi connectivity index (χ1) is 15.0. The van der Waals surface area contributed by atoms with E-state index in [1.54, 1.807) is 18.2 Å². The lowest BCUT2D eigenvalue weighted by Gasteiger charge is -2.17. The van der Waals surface area contributed by atoms with Crippen molar-refractivity contribution in [3.8, 4) is 5.69 Å². The highest BCUT2D eigenvalue weighted by Gasteiger charge is 2.17. The number of rotatable bonds is 5. The molecule has 1 atom stereocenters. The molecule has 3 aromatic carbocycles. The quantitative estimate of drug-likeness (QED) is 0.420. The second kappa shape index (κ2) is 8.66. The van der Waals surface area contributed by atoms with Crippen molar-refractivity contribution in [2.75, 3.05) is 7.11 Å². The van der Waals surface area contributed by atoms with Crippen LogP contribution in [0.25, 0.3) is 16.6 Å². The van der Waals surface area contributed by atoms with Gasteiger partial charge in [-0.05, 0) is 61.0 Å². The zero-order chi connectivity index (χ0) is 22.0. The minimum absolute atomic E-state index is 0.184. The van der Waals surface area contributed by atoms with Crippen LogP contribution in [0.4, 0.5) is 0 Å². The van der Waals surface area contributed by atoms with Crippen LogP contribution in [-0.4, -0.2) is 23.6 Å². The molecule has 31 heavy (non-hydrogen) atoms. The Bertz CT molecular complexity index is 1260. The number of para-hydroxylation sites is 1. The first kappa shape index (κ1) is 20.7. The van der Waals surface area contributed by atoms with Crippen molar-refractivity contribution in [2.24, 2.45) is 0 Å². The number of amides is 1. The van der Waals surface area contributed by atoms with Gasteiger partial charge in [0.15, 0.2) is 0 Å².